The summed E-state index contributed by atoms with van der Waals surface area (Å²) in [7, 11) is 0. The third-order valence-corrected chi connectivity index (χ3v) is 5.67. The highest BCUT2D eigenvalue weighted by Crippen LogP contribution is 2.40. The number of rotatable bonds is 4. The SMILES string of the molecule is O=C(/C=C/c1ccc2c(c1)OC1(CCN(Cc3ccccc3)CC1)CC2=O)NO. The summed E-state index contributed by atoms with van der Waals surface area (Å²) in [5.41, 5.74) is 3.71. The first-order valence-electron chi connectivity index (χ1n) is 9.82. The van der Waals surface area contributed by atoms with Gasteiger partial charge in [0, 0.05) is 38.6 Å². The minimum atomic E-state index is -0.609. The topological polar surface area (TPSA) is 78.9 Å². The Kier molecular flexibility index (Phi) is 5.47. The summed E-state index contributed by atoms with van der Waals surface area (Å²) < 4.78 is 6.37. The summed E-state index contributed by atoms with van der Waals surface area (Å²) in [5, 5.41) is 8.60. The van der Waals surface area contributed by atoms with Crippen LogP contribution in [0.1, 0.15) is 40.7 Å². The standard InChI is InChI=1S/C23H24N2O4/c26-20-15-23(10-12-25(13-11-23)16-18-4-2-1-3-5-18)29-21-14-17(6-8-19(20)21)7-9-22(27)24-28/h1-9,14,28H,10-13,15-16H2,(H,24,27)/b9-7+. The zero-order valence-electron chi connectivity index (χ0n) is 16.1. The van der Waals surface area contributed by atoms with E-state index in [2.05, 4.69) is 29.2 Å². The Morgan fingerprint density at radius 3 is 2.66 bits per heavy atom. The highest BCUT2D eigenvalue weighted by atomic mass is 16.5. The minimum absolute atomic E-state index is 0.103. The number of hydroxylamine groups is 1. The number of carbonyl (C=O) groups is 2. The normalized spacial score (nSPS) is 18.4. The van der Waals surface area contributed by atoms with Gasteiger partial charge in [0.25, 0.3) is 5.91 Å². The van der Waals surface area contributed by atoms with Gasteiger partial charge in [0.2, 0.25) is 0 Å². The van der Waals surface area contributed by atoms with Crippen molar-refractivity contribution in [3.8, 4) is 5.75 Å². The van der Waals surface area contributed by atoms with Crippen LogP contribution in [0.3, 0.4) is 0 Å². The van der Waals surface area contributed by atoms with E-state index in [0.717, 1.165) is 38.0 Å². The lowest BCUT2D eigenvalue weighted by atomic mass is 9.82. The molecule has 150 valence electrons. The number of benzene rings is 2. The Hall–Kier alpha value is -2.96. The number of piperidine rings is 1. The molecule has 0 bridgehead atoms. The summed E-state index contributed by atoms with van der Waals surface area (Å²) in [4.78, 5) is 26.3. The van der Waals surface area contributed by atoms with Crippen molar-refractivity contribution < 1.29 is 19.5 Å². The van der Waals surface area contributed by atoms with Gasteiger partial charge in [-0.1, -0.05) is 36.4 Å². The van der Waals surface area contributed by atoms with Crippen molar-refractivity contribution in [2.24, 2.45) is 0 Å². The average molecular weight is 392 g/mol. The maximum Gasteiger partial charge on any atom is 0.267 e. The molecule has 1 amide bonds. The number of hydrogen-bond donors (Lipinski definition) is 2. The largest absolute Gasteiger partial charge is 0.486 e. The number of likely N-dealkylation sites (tertiary alicyclic amines) is 1. The Bertz CT molecular complexity index is 931. The molecule has 29 heavy (non-hydrogen) atoms. The highest BCUT2D eigenvalue weighted by Gasteiger charge is 2.42. The second kappa shape index (κ2) is 8.19. The molecule has 1 fully saturated rings. The van der Waals surface area contributed by atoms with E-state index in [0.29, 0.717) is 17.7 Å². The van der Waals surface area contributed by atoms with Crippen LogP contribution >= 0.6 is 0 Å². The highest BCUT2D eigenvalue weighted by molar-refractivity contribution is 6.00. The van der Waals surface area contributed by atoms with E-state index in [1.54, 1.807) is 29.8 Å². The van der Waals surface area contributed by atoms with Crippen LogP contribution in [-0.4, -0.2) is 40.5 Å². The average Bonchev–Trinajstić information content (AvgIpc) is 2.74. The van der Waals surface area contributed by atoms with Gasteiger partial charge in [-0.25, -0.2) is 5.48 Å². The molecule has 0 aliphatic carbocycles. The van der Waals surface area contributed by atoms with E-state index in [4.69, 9.17) is 9.94 Å². The monoisotopic (exact) mass is 392 g/mol. The molecule has 4 rings (SSSR count). The number of Topliss-reactive ketones (excluding diaryl/α,β-unsaturated/α-hetero) is 1. The quantitative estimate of drug-likeness (QED) is 0.475. The zero-order chi connectivity index (χ0) is 20.3. The van der Waals surface area contributed by atoms with Gasteiger partial charge in [0.15, 0.2) is 5.78 Å². The van der Waals surface area contributed by atoms with E-state index >= 15 is 0 Å². The van der Waals surface area contributed by atoms with Gasteiger partial charge in [-0.3, -0.25) is 19.7 Å². The van der Waals surface area contributed by atoms with Crippen LogP contribution in [0.25, 0.3) is 6.08 Å². The summed E-state index contributed by atoms with van der Waals surface area (Å²) in [5.74, 6) is 0.0673. The van der Waals surface area contributed by atoms with Crippen molar-refractivity contribution in [2.75, 3.05) is 13.1 Å². The van der Waals surface area contributed by atoms with Gasteiger partial charge in [-0.2, -0.15) is 0 Å². The van der Waals surface area contributed by atoms with Gasteiger partial charge in [-0.15, -0.1) is 0 Å². The molecular formula is C23H24N2O4. The molecule has 2 aromatic rings. The van der Waals surface area contributed by atoms with E-state index in [-0.39, 0.29) is 5.78 Å². The molecule has 0 saturated carbocycles. The molecule has 2 aromatic carbocycles. The molecule has 0 radical (unpaired) electrons. The molecule has 2 heterocycles. The third kappa shape index (κ3) is 4.39. The van der Waals surface area contributed by atoms with Crippen molar-refractivity contribution >= 4 is 17.8 Å². The Morgan fingerprint density at radius 1 is 1.17 bits per heavy atom. The number of carbonyl (C=O) groups excluding carboxylic acids is 2. The van der Waals surface area contributed by atoms with E-state index in [1.807, 2.05) is 6.07 Å². The number of amides is 1. The Morgan fingerprint density at radius 2 is 1.93 bits per heavy atom. The van der Waals surface area contributed by atoms with E-state index in [9.17, 15) is 9.59 Å². The van der Waals surface area contributed by atoms with Crippen molar-refractivity contribution in [2.45, 2.75) is 31.4 Å². The van der Waals surface area contributed by atoms with Crippen LogP contribution < -0.4 is 10.2 Å². The number of fused-ring (bicyclic) bond motifs is 1. The fraction of sp³-hybridized carbons (Fsp3) is 0.304. The smallest absolute Gasteiger partial charge is 0.267 e. The first-order chi connectivity index (χ1) is 14.1. The van der Waals surface area contributed by atoms with Crippen molar-refractivity contribution in [1.29, 1.82) is 0 Å². The van der Waals surface area contributed by atoms with Crippen LogP contribution in [0.5, 0.6) is 5.75 Å². The first kappa shape index (κ1) is 19.4. The Balaban J connectivity index is 1.46. The molecule has 1 spiro atoms. The van der Waals surface area contributed by atoms with Crippen LogP contribution in [0, 0.1) is 0 Å². The fourth-order valence-electron chi connectivity index (χ4n) is 4.06. The molecule has 0 atom stereocenters. The summed E-state index contributed by atoms with van der Waals surface area (Å²) >= 11 is 0. The molecule has 6 heteroatoms. The van der Waals surface area contributed by atoms with Crippen molar-refractivity contribution in [1.82, 2.24) is 10.4 Å². The number of ether oxygens (including phenoxy) is 1. The van der Waals surface area contributed by atoms with Crippen LogP contribution in [-0.2, 0) is 11.3 Å². The third-order valence-electron chi connectivity index (χ3n) is 5.67. The lowest BCUT2D eigenvalue weighted by Gasteiger charge is -2.44. The lowest BCUT2D eigenvalue weighted by molar-refractivity contribution is -0.124. The molecule has 0 aromatic heterocycles. The molecular weight excluding hydrogens is 368 g/mol. The number of nitrogens with zero attached hydrogens (tertiary/aromatic N) is 1. The first-order valence-corrected chi connectivity index (χ1v) is 9.82. The van der Waals surface area contributed by atoms with Gasteiger partial charge in [0.05, 0.1) is 12.0 Å². The summed E-state index contributed by atoms with van der Waals surface area (Å²) in [6.45, 7) is 2.67. The van der Waals surface area contributed by atoms with Crippen LogP contribution in [0.15, 0.2) is 54.6 Å². The number of ketones is 1. The molecule has 2 aliphatic rings. The van der Waals surface area contributed by atoms with Gasteiger partial charge >= 0.3 is 0 Å². The molecule has 0 unspecified atom stereocenters. The predicted molar refractivity (Wildman–Crippen MR) is 109 cm³/mol. The number of nitrogens with one attached hydrogen (secondary N) is 1. The summed E-state index contributed by atoms with van der Waals surface area (Å²) in [6.07, 6.45) is 4.81. The summed E-state index contributed by atoms with van der Waals surface area (Å²) in [6, 6.07) is 15.7. The predicted octanol–water partition coefficient (Wildman–Crippen LogP) is 3.21. The maximum absolute atomic E-state index is 12.7. The zero-order valence-corrected chi connectivity index (χ0v) is 16.1. The van der Waals surface area contributed by atoms with Gasteiger partial charge in [0.1, 0.15) is 11.4 Å². The fourth-order valence-corrected chi connectivity index (χ4v) is 4.06. The number of hydrogen-bond acceptors (Lipinski definition) is 5. The van der Waals surface area contributed by atoms with Crippen LogP contribution in [0.4, 0.5) is 0 Å². The van der Waals surface area contributed by atoms with Gasteiger partial charge < -0.3 is 4.74 Å². The minimum Gasteiger partial charge on any atom is -0.486 e. The van der Waals surface area contributed by atoms with Crippen molar-refractivity contribution in [3.63, 3.8) is 0 Å². The molecule has 6 nitrogen and oxygen atoms in total. The van der Waals surface area contributed by atoms with Crippen LogP contribution in [0.2, 0.25) is 0 Å². The maximum atomic E-state index is 12.7. The molecule has 1 saturated heterocycles. The van der Waals surface area contributed by atoms with Crippen molar-refractivity contribution in [3.05, 3.63) is 71.3 Å². The molecule has 2 N–H and O–H groups in total. The lowest BCUT2D eigenvalue weighted by Crippen LogP contribution is -2.50. The van der Waals surface area contributed by atoms with E-state index < -0.39 is 11.5 Å². The Labute approximate surface area is 169 Å². The van der Waals surface area contributed by atoms with Gasteiger partial charge in [-0.05, 0) is 29.3 Å². The molecule has 2 aliphatic heterocycles. The second-order valence-electron chi connectivity index (χ2n) is 7.71. The van der Waals surface area contributed by atoms with E-state index in [1.165, 1.54) is 11.6 Å². The second-order valence-corrected chi connectivity index (χ2v) is 7.71.